The molecule has 1 aromatic carbocycles. The highest BCUT2D eigenvalue weighted by Gasteiger charge is 2.35. The number of thioether (sulfide) groups is 1. The van der Waals surface area contributed by atoms with Gasteiger partial charge in [0.15, 0.2) is 5.16 Å². The number of carbonyl (C=O) groups is 2. The summed E-state index contributed by atoms with van der Waals surface area (Å²) in [6.07, 6.45) is 4.41. The van der Waals surface area contributed by atoms with Gasteiger partial charge in [0.25, 0.3) is 5.56 Å². The van der Waals surface area contributed by atoms with Gasteiger partial charge < -0.3 is 19.8 Å². The Morgan fingerprint density at radius 1 is 1.21 bits per heavy atom. The second-order valence-electron chi connectivity index (χ2n) is 9.26. The second kappa shape index (κ2) is 10.7. The number of fused-ring (bicyclic) bond motifs is 3. The Morgan fingerprint density at radius 2 is 2.05 bits per heavy atom. The molecule has 1 unspecified atom stereocenters. The molecule has 1 aliphatic carbocycles. The number of esters is 1. The highest BCUT2D eigenvalue weighted by atomic mass is 32.2. The van der Waals surface area contributed by atoms with E-state index in [1.165, 1.54) is 22.9 Å². The largest absolute Gasteiger partial charge is 0.467 e. The molecule has 0 bridgehead atoms. The van der Waals surface area contributed by atoms with Gasteiger partial charge in [-0.05, 0) is 49.4 Å². The fourth-order valence-electron chi connectivity index (χ4n) is 5.06. The maximum atomic E-state index is 13.9. The molecule has 1 aliphatic heterocycles. The van der Waals surface area contributed by atoms with E-state index in [0.717, 1.165) is 35.2 Å². The summed E-state index contributed by atoms with van der Waals surface area (Å²) in [6.45, 7) is 2.27. The molecule has 1 atom stereocenters. The molecule has 4 aromatic rings. The summed E-state index contributed by atoms with van der Waals surface area (Å²) in [5.41, 5.74) is 2.69. The molecule has 9 nitrogen and oxygen atoms in total. The van der Waals surface area contributed by atoms with Gasteiger partial charge in [0.05, 0.1) is 30.4 Å². The van der Waals surface area contributed by atoms with Crippen LogP contribution in [0.5, 0.6) is 0 Å². The van der Waals surface area contributed by atoms with Gasteiger partial charge in [-0.3, -0.25) is 9.36 Å². The second-order valence-corrected chi connectivity index (χ2v) is 11.3. The SMILES string of the molecule is CCOC(=O)C1=C(CSc2nc3sc4c(c3c(=O)n2Cc2ccccc2)CCC4)NC(=O)NC1c1ccco1. The van der Waals surface area contributed by atoms with Crippen molar-refractivity contribution < 1.29 is 18.7 Å². The molecule has 200 valence electrons. The highest BCUT2D eigenvalue weighted by Crippen LogP contribution is 2.36. The topological polar surface area (TPSA) is 115 Å². The summed E-state index contributed by atoms with van der Waals surface area (Å²) in [5.74, 6) is 0.0576. The smallest absolute Gasteiger partial charge is 0.338 e. The number of aryl methyl sites for hydroxylation is 2. The Bertz CT molecular complexity index is 1640. The predicted molar refractivity (Wildman–Crippen MR) is 149 cm³/mol. The molecule has 0 saturated heterocycles. The maximum absolute atomic E-state index is 13.9. The molecule has 2 amide bonds. The molecule has 0 saturated carbocycles. The Labute approximate surface area is 232 Å². The molecule has 2 aliphatic rings. The first-order chi connectivity index (χ1) is 19.0. The lowest BCUT2D eigenvalue weighted by Gasteiger charge is -2.27. The maximum Gasteiger partial charge on any atom is 0.338 e. The van der Waals surface area contributed by atoms with Gasteiger partial charge in [-0.2, -0.15) is 0 Å². The lowest BCUT2D eigenvalue weighted by Crippen LogP contribution is -2.46. The van der Waals surface area contributed by atoms with E-state index >= 15 is 0 Å². The fraction of sp³-hybridized carbons (Fsp3) is 0.286. The van der Waals surface area contributed by atoms with Crippen molar-refractivity contribution in [1.29, 1.82) is 0 Å². The Kier molecular flexibility index (Phi) is 7.01. The lowest BCUT2D eigenvalue weighted by molar-refractivity contribution is -0.139. The number of aromatic nitrogens is 2. The molecule has 2 N–H and O–H groups in total. The van der Waals surface area contributed by atoms with E-state index < -0.39 is 18.0 Å². The first-order valence-electron chi connectivity index (χ1n) is 12.8. The van der Waals surface area contributed by atoms with Crippen LogP contribution in [0.1, 0.15) is 41.2 Å². The van der Waals surface area contributed by atoms with Crippen LogP contribution in [0.3, 0.4) is 0 Å². The van der Waals surface area contributed by atoms with Crippen molar-refractivity contribution in [3.63, 3.8) is 0 Å². The zero-order chi connectivity index (χ0) is 26.9. The van der Waals surface area contributed by atoms with Gasteiger partial charge in [-0.1, -0.05) is 42.1 Å². The quantitative estimate of drug-likeness (QED) is 0.184. The number of nitrogens with zero attached hydrogens (tertiary/aromatic N) is 2. The van der Waals surface area contributed by atoms with Crippen LogP contribution in [0.15, 0.2) is 74.4 Å². The number of carbonyl (C=O) groups excluding carboxylic acids is 2. The van der Waals surface area contributed by atoms with Gasteiger partial charge in [0, 0.05) is 16.3 Å². The van der Waals surface area contributed by atoms with Crippen molar-refractivity contribution in [3.05, 3.63) is 92.1 Å². The third kappa shape index (κ3) is 4.87. The van der Waals surface area contributed by atoms with Crippen LogP contribution in [0.4, 0.5) is 4.79 Å². The van der Waals surface area contributed by atoms with E-state index in [4.69, 9.17) is 14.1 Å². The standard InChI is InChI=1S/C28H26N4O5S2/c1-2-36-26(34)22-18(29-27(35)30-23(22)19-11-7-13-37-19)15-38-28-31-24-21(17-10-6-12-20(17)39-24)25(33)32(28)14-16-8-4-3-5-9-16/h3-5,7-9,11,13,23H,2,6,10,12,14-15H2,1H3,(H2,29,30,35). The van der Waals surface area contributed by atoms with E-state index in [9.17, 15) is 14.4 Å². The molecule has 3 aromatic heterocycles. The summed E-state index contributed by atoms with van der Waals surface area (Å²) in [6, 6.07) is 11.9. The van der Waals surface area contributed by atoms with E-state index in [0.29, 0.717) is 28.5 Å². The van der Waals surface area contributed by atoms with Gasteiger partial charge >= 0.3 is 12.0 Å². The van der Waals surface area contributed by atoms with Crippen LogP contribution in [0, 0.1) is 0 Å². The molecule has 0 radical (unpaired) electrons. The number of thiophene rings is 1. The zero-order valence-corrected chi connectivity index (χ0v) is 22.8. The number of rotatable bonds is 8. The number of hydrogen-bond acceptors (Lipinski definition) is 8. The minimum atomic E-state index is -0.800. The first kappa shape index (κ1) is 25.4. The minimum absolute atomic E-state index is 0.0619. The van der Waals surface area contributed by atoms with Crippen molar-refractivity contribution in [2.24, 2.45) is 0 Å². The number of urea groups is 1. The lowest BCUT2D eigenvalue weighted by atomic mass is 10.0. The van der Waals surface area contributed by atoms with Crippen LogP contribution in [-0.4, -0.2) is 33.9 Å². The molecule has 4 heterocycles. The van der Waals surface area contributed by atoms with Crippen molar-refractivity contribution in [2.75, 3.05) is 12.4 Å². The Balaban J connectivity index is 1.42. The van der Waals surface area contributed by atoms with Crippen molar-refractivity contribution >= 4 is 45.3 Å². The van der Waals surface area contributed by atoms with E-state index in [1.807, 2.05) is 30.3 Å². The number of nitrogens with one attached hydrogen (secondary N) is 2. The third-order valence-electron chi connectivity index (χ3n) is 6.80. The van der Waals surface area contributed by atoms with Crippen molar-refractivity contribution in [1.82, 2.24) is 20.2 Å². The van der Waals surface area contributed by atoms with Gasteiger partial charge in [-0.15, -0.1) is 11.3 Å². The number of furan rings is 1. The van der Waals surface area contributed by atoms with Crippen molar-refractivity contribution in [3.8, 4) is 0 Å². The van der Waals surface area contributed by atoms with Crippen LogP contribution < -0.4 is 16.2 Å². The summed E-state index contributed by atoms with van der Waals surface area (Å²) < 4.78 is 12.6. The van der Waals surface area contributed by atoms with E-state index in [2.05, 4.69) is 10.6 Å². The van der Waals surface area contributed by atoms with Gasteiger partial charge in [-0.25, -0.2) is 14.6 Å². The summed E-state index contributed by atoms with van der Waals surface area (Å²) >= 11 is 2.89. The fourth-order valence-corrected chi connectivity index (χ4v) is 7.33. The average molecular weight is 563 g/mol. The molecule has 0 fully saturated rings. The number of benzene rings is 1. The molecule has 6 rings (SSSR count). The Morgan fingerprint density at radius 3 is 2.82 bits per heavy atom. The highest BCUT2D eigenvalue weighted by molar-refractivity contribution is 7.99. The third-order valence-corrected chi connectivity index (χ3v) is 8.98. The van der Waals surface area contributed by atoms with Crippen LogP contribution in [0.25, 0.3) is 10.2 Å². The Hall–Kier alpha value is -3.83. The number of ether oxygens (including phenoxy) is 1. The molecular formula is C28H26N4O5S2. The predicted octanol–water partition coefficient (Wildman–Crippen LogP) is 4.55. The molecular weight excluding hydrogens is 536 g/mol. The summed E-state index contributed by atoms with van der Waals surface area (Å²) in [7, 11) is 0. The van der Waals surface area contributed by atoms with Gasteiger partial charge in [0.1, 0.15) is 16.6 Å². The minimum Gasteiger partial charge on any atom is -0.467 e. The van der Waals surface area contributed by atoms with Crippen LogP contribution in [0.2, 0.25) is 0 Å². The van der Waals surface area contributed by atoms with Crippen LogP contribution >= 0.6 is 23.1 Å². The normalized spacial score (nSPS) is 16.7. The molecule has 11 heteroatoms. The van der Waals surface area contributed by atoms with Crippen molar-refractivity contribution in [2.45, 2.75) is 43.9 Å². The molecule has 0 spiro atoms. The number of amides is 2. The van der Waals surface area contributed by atoms with E-state index in [1.54, 1.807) is 35.0 Å². The zero-order valence-electron chi connectivity index (χ0n) is 21.2. The monoisotopic (exact) mass is 562 g/mol. The van der Waals surface area contributed by atoms with E-state index in [-0.39, 0.29) is 23.5 Å². The summed E-state index contributed by atoms with van der Waals surface area (Å²) in [5, 5.41) is 6.77. The summed E-state index contributed by atoms with van der Waals surface area (Å²) in [4.78, 5) is 46.4. The molecule has 39 heavy (non-hydrogen) atoms. The average Bonchev–Trinajstić information content (AvgIpc) is 3.68. The van der Waals surface area contributed by atoms with Crippen LogP contribution in [-0.2, 0) is 28.9 Å². The number of hydrogen-bond donors (Lipinski definition) is 2. The van der Waals surface area contributed by atoms with Gasteiger partial charge in [0.2, 0.25) is 0 Å². The first-order valence-corrected chi connectivity index (χ1v) is 14.6.